The Bertz CT molecular complexity index is 418. The number of para-hydroxylation sites is 1. The summed E-state index contributed by atoms with van der Waals surface area (Å²) in [6, 6.07) is 12.5. The van der Waals surface area contributed by atoms with Crippen molar-refractivity contribution >= 4 is 5.69 Å². The second kappa shape index (κ2) is 6.77. The van der Waals surface area contributed by atoms with Gasteiger partial charge in [-0.3, -0.25) is 10.9 Å². The van der Waals surface area contributed by atoms with Gasteiger partial charge in [-0.05, 0) is 38.8 Å². The maximum absolute atomic E-state index is 3.79. The maximum atomic E-state index is 3.79. The Labute approximate surface area is 128 Å². The molecule has 2 aliphatic heterocycles. The van der Waals surface area contributed by atoms with Crippen molar-refractivity contribution in [3.8, 4) is 0 Å². The van der Waals surface area contributed by atoms with Gasteiger partial charge in [0.15, 0.2) is 0 Å². The Morgan fingerprint density at radius 2 is 1.67 bits per heavy atom. The van der Waals surface area contributed by atoms with Crippen LogP contribution >= 0.6 is 0 Å². The lowest BCUT2D eigenvalue weighted by molar-refractivity contribution is 0.349. The van der Waals surface area contributed by atoms with Gasteiger partial charge in [0.1, 0.15) is 0 Å². The average Bonchev–Trinajstić information content (AvgIpc) is 2.85. The molecular formula is C17H28N4. The molecule has 3 rings (SSSR count). The third-order valence-electron chi connectivity index (χ3n) is 5.08. The maximum Gasteiger partial charge on any atom is 0.0366 e. The van der Waals surface area contributed by atoms with Crippen LogP contribution in [0.4, 0.5) is 5.69 Å². The summed E-state index contributed by atoms with van der Waals surface area (Å²) >= 11 is 0. The Hall–Kier alpha value is -1.10. The number of rotatable bonds is 4. The molecule has 0 saturated carbocycles. The number of hydrogen-bond acceptors (Lipinski definition) is 4. The van der Waals surface area contributed by atoms with Gasteiger partial charge in [0, 0.05) is 49.4 Å². The number of nitrogens with zero attached hydrogens (tertiary/aromatic N) is 1. The molecule has 0 aliphatic carbocycles. The average molecular weight is 288 g/mol. The molecule has 2 heterocycles. The molecule has 0 amide bonds. The van der Waals surface area contributed by atoms with E-state index >= 15 is 0 Å². The van der Waals surface area contributed by atoms with Crippen LogP contribution in [0.1, 0.15) is 26.7 Å². The van der Waals surface area contributed by atoms with Crippen LogP contribution in [0.25, 0.3) is 0 Å². The molecule has 1 aromatic carbocycles. The van der Waals surface area contributed by atoms with E-state index in [0.717, 1.165) is 19.6 Å². The fourth-order valence-electron chi connectivity index (χ4n) is 3.55. The highest BCUT2D eigenvalue weighted by molar-refractivity contribution is 5.46. The van der Waals surface area contributed by atoms with Gasteiger partial charge in [0.2, 0.25) is 0 Å². The first-order valence-electron chi connectivity index (χ1n) is 8.28. The van der Waals surface area contributed by atoms with E-state index in [-0.39, 0.29) is 0 Å². The molecule has 21 heavy (non-hydrogen) atoms. The SMILES string of the molecule is CC1NNC(C)C1CNC1CCN(c2ccccc2)CC1. The van der Waals surface area contributed by atoms with Crippen LogP contribution in [-0.4, -0.2) is 37.8 Å². The minimum absolute atomic E-state index is 0.553. The molecule has 2 aliphatic rings. The van der Waals surface area contributed by atoms with Crippen molar-refractivity contribution in [3.05, 3.63) is 30.3 Å². The summed E-state index contributed by atoms with van der Waals surface area (Å²) in [5, 5.41) is 3.79. The molecule has 4 heteroatoms. The fourth-order valence-corrected chi connectivity index (χ4v) is 3.55. The second-order valence-electron chi connectivity index (χ2n) is 6.53. The van der Waals surface area contributed by atoms with Gasteiger partial charge in [-0.1, -0.05) is 18.2 Å². The molecule has 4 nitrogen and oxygen atoms in total. The lowest BCUT2D eigenvalue weighted by Crippen LogP contribution is -2.45. The van der Waals surface area contributed by atoms with Crippen LogP contribution in [0.3, 0.4) is 0 Å². The van der Waals surface area contributed by atoms with Crippen LogP contribution in [0, 0.1) is 5.92 Å². The van der Waals surface area contributed by atoms with Gasteiger partial charge in [-0.2, -0.15) is 0 Å². The van der Waals surface area contributed by atoms with Gasteiger partial charge >= 0.3 is 0 Å². The predicted molar refractivity (Wildman–Crippen MR) is 88.4 cm³/mol. The number of benzene rings is 1. The molecule has 116 valence electrons. The molecule has 1 aromatic rings. The number of nitrogens with one attached hydrogen (secondary N) is 3. The third-order valence-corrected chi connectivity index (χ3v) is 5.08. The van der Waals surface area contributed by atoms with Crippen LogP contribution in [0.15, 0.2) is 30.3 Å². The van der Waals surface area contributed by atoms with Crippen LogP contribution in [0.5, 0.6) is 0 Å². The molecule has 2 fully saturated rings. The molecule has 0 bridgehead atoms. The Morgan fingerprint density at radius 1 is 1.05 bits per heavy atom. The van der Waals surface area contributed by atoms with E-state index < -0.39 is 0 Å². The van der Waals surface area contributed by atoms with Crippen molar-refractivity contribution in [1.29, 1.82) is 0 Å². The number of hydrogen-bond donors (Lipinski definition) is 3. The van der Waals surface area contributed by atoms with E-state index in [4.69, 9.17) is 0 Å². The summed E-state index contributed by atoms with van der Waals surface area (Å²) in [7, 11) is 0. The topological polar surface area (TPSA) is 39.3 Å². The fraction of sp³-hybridized carbons (Fsp3) is 0.647. The highest BCUT2D eigenvalue weighted by Gasteiger charge is 2.30. The summed E-state index contributed by atoms with van der Waals surface area (Å²) in [6.07, 6.45) is 2.48. The van der Waals surface area contributed by atoms with E-state index in [0.29, 0.717) is 24.0 Å². The van der Waals surface area contributed by atoms with E-state index in [2.05, 4.69) is 65.2 Å². The van der Waals surface area contributed by atoms with Crippen molar-refractivity contribution in [2.24, 2.45) is 5.92 Å². The summed E-state index contributed by atoms with van der Waals surface area (Å²) in [5.74, 6) is 0.678. The van der Waals surface area contributed by atoms with Gasteiger partial charge in [-0.25, -0.2) is 0 Å². The zero-order valence-electron chi connectivity index (χ0n) is 13.2. The van der Waals surface area contributed by atoms with Crippen LogP contribution in [0.2, 0.25) is 0 Å². The van der Waals surface area contributed by atoms with Gasteiger partial charge < -0.3 is 10.2 Å². The minimum atomic E-state index is 0.553. The van der Waals surface area contributed by atoms with Crippen molar-refractivity contribution in [3.63, 3.8) is 0 Å². The lowest BCUT2D eigenvalue weighted by Gasteiger charge is -2.35. The number of hydrazine groups is 1. The third kappa shape index (κ3) is 3.57. The number of piperidine rings is 1. The first kappa shape index (κ1) is 14.8. The molecule has 3 N–H and O–H groups in total. The molecule has 2 atom stereocenters. The van der Waals surface area contributed by atoms with Gasteiger partial charge in [0.25, 0.3) is 0 Å². The quantitative estimate of drug-likeness (QED) is 0.789. The first-order chi connectivity index (χ1) is 10.2. The van der Waals surface area contributed by atoms with Gasteiger partial charge in [0.05, 0.1) is 0 Å². The van der Waals surface area contributed by atoms with E-state index in [1.165, 1.54) is 18.5 Å². The minimum Gasteiger partial charge on any atom is -0.371 e. The standard InChI is InChI=1S/C17H28N4/c1-13-17(14(2)20-19-13)12-18-15-8-10-21(11-9-15)16-6-4-3-5-7-16/h3-7,13-15,17-20H,8-12H2,1-2H3. The Balaban J connectivity index is 1.44. The molecular weight excluding hydrogens is 260 g/mol. The molecule has 0 radical (unpaired) electrons. The summed E-state index contributed by atoms with van der Waals surface area (Å²) in [5.41, 5.74) is 8.04. The molecule has 0 aromatic heterocycles. The van der Waals surface area contributed by atoms with E-state index in [1.807, 2.05) is 0 Å². The summed E-state index contributed by atoms with van der Waals surface area (Å²) in [4.78, 5) is 2.50. The van der Waals surface area contributed by atoms with Crippen molar-refractivity contribution in [2.45, 2.75) is 44.8 Å². The van der Waals surface area contributed by atoms with E-state index in [1.54, 1.807) is 0 Å². The highest BCUT2D eigenvalue weighted by atomic mass is 15.4. The zero-order valence-corrected chi connectivity index (χ0v) is 13.2. The second-order valence-corrected chi connectivity index (χ2v) is 6.53. The van der Waals surface area contributed by atoms with Crippen LogP contribution < -0.4 is 21.1 Å². The summed E-state index contributed by atoms with van der Waals surface area (Å²) in [6.45, 7) is 7.96. The number of anilines is 1. The molecule has 0 spiro atoms. The Morgan fingerprint density at radius 3 is 2.29 bits per heavy atom. The predicted octanol–water partition coefficient (Wildman–Crippen LogP) is 1.75. The van der Waals surface area contributed by atoms with Crippen LogP contribution in [-0.2, 0) is 0 Å². The smallest absolute Gasteiger partial charge is 0.0366 e. The van der Waals surface area contributed by atoms with Crippen molar-refractivity contribution in [2.75, 3.05) is 24.5 Å². The molecule has 2 unspecified atom stereocenters. The Kier molecular flexibility index (Phi) is 4.78. The lowest BCUT2D eigenvalue weighted by atomic mass is 9.95. The zero-order chi connectivity index (χ0) is 14.7. The van der Waals surface area contributed by atoms with E-state index in [9.17, 15) is 0 Å². The summed E-state index contributed by atoms with van der Waals surface area (Å²) < 4.78 is 0. The molecule has 2 saturated heterocycles. The first-order valence-corrected chi connectivity index (χ1v) is 8.28. The largest absolute Gasteiger partial charge is 0.371 e. The van der Waals surface area contributed by atoms with Gasteiger partial charge in [-0.15, -0.1) is 0 Å². The normalized spacial score (nSPS) is 30.8. The van der Waals surface area contributed by atoms with Crippen molar-refractivity contribution in [1.82, 2.24) is 16.2 Å². The highest BCUT2D eigenvalue weighted by Crippen LogP contribution is 2.20. The van der Waals surface area contributed by atoms with Crippen molar-refractivity contribution < 1.29 is 0 Å². The monoisotopic (exact) mass is 288 g/mol.